The van der Waals surface area contributed by atoms with Crippen molar-refractivity contribution >= 4 is 27.5 Å². The first kappa shape index (κ1) is 12.2. The molecular formula is C14H16BrCl. The van der Waals surface area contributed by atoms with Gasteiger partial charge in [0, 0.05) is 16.3 Å². The molecule has 2 heteroatoms. The van der Waals surface area contributed by atoms with Crippen molar-refractivity contribution in [1.29, 1.82) is 0 Å². The van der Waals surface area contributed by atoms with E-state index in [4.69, 9.17) is 11.6 Å². The predicted octanol–water partition coefficient (Wildman–Crippen LogP) is 5.04. The van der Waals surface area contributed by atoms with Crippen LogP contribution in [0.15, 0.2) is 34.8 Å². The molecule has 0 saturated heterocycles. The van der Waals surface area contributed by atoms with E-state index in [0.29, 0.717) is 11.8 Å². The maximum Gasteiger partial charge on any atom is 0.0564 e. The van der Waals surface area contributed by atoms with Crippen LogP contribution in [0, 0.1) is 12.8 Å². The molecule has 16 heavy (non-hydrogen) atoms. The normalized spacial score (nSPS) is 32.6. The molecule has 1 aliphatic rings. The van der Waals surface area contributed by atoms with E-state index in [-0.39, 0.29) is 4.87 Å². The third-order valence-corrected chi connectivity index (χ3v) is 4.87. The summed E-state index contributed by atoms with van der Waals surface area (Å²) < 4.78 is 1.15. The van der Waals surface area contributed by atoms with Crippen LogP contribution in [0.25, 0.3) is 0 Å². The molecule has 0 aromatic heterocycles. The maximum absolute atomic E-state index is 6.52. The van der Waals surface area contributed by atoms with Crippen LogP contribution in [0.4, 0.5) is 0 Å². The molecule has 1 aliphatic carbocycles. The van der Waals surface area contributed by atoms with Crippen molar-refractivity contribution in [3.05, 3.63) is 46.0 Å². The molecular weight excluding hydrogens is 284 g/mol. The lowest BCUT2D eigenvalue weighted by atomic mass is 10.0. The fourth-order valence-corrected chi connectivity index (χ4v) is 3.38. The van der Waals surface area contributed by atoms with E-state index in [1.165, 1.54) is 16.7 Å². The van der Waals surface area contributed by atoms with Gasteiger partial charge in [-0.1, -0.05) is 40.2 Å². The van der Waals surface area contributed by atoms with Crippen molar-refractivity contribution in [2.24, 2.45) is 5.92 Å². The summed E-state index contributed by atoms with van der Waals surface area (Å²) >= 11 is 10.0. The highest BCUT2D eigenvalue weighted by molar-refractivity contribution is 9.10. The first-order valence-corrected chi connectivity index (χ1v) is 6.63. The van der Waals surface area contributed by atoms with Crippen molar-refractivity contribution in [3.63, 3.8) is 0 Å². The zero-order chi connectivity index (χ0) is 12.1. The lowest BCUT2D eigenvalue weighted by molar-refractivity contribution is 0.894. The highest BCUT2D eigenvalue weighted by Crippen LogP contribution is 2.64. The summed E-state index contributed by atoms with van der Waals surface area (Å²) in [5.74, 6) is 0.827. The molecule has 1 aromatic rings. The van der Waals surface area contributed by atoms with Gasteiger partial charge in [0.2, 0.25) is 0 Å². The summed E-state index contributed by atoms with van der Waals surface area (Å²) in [4.78, 5) is -0.147. The molecule has 1 saturated carbocycles. The Kier molecular flexibility index (Phi) is 2.96. The molecule has 0 spiro atoms. The third kappa shape index (κ3) is 1.84. The summed E-state index contributed by atoms with van der Waals surface area (Å²) in [6.07, 6.45) is 0. The molecule has 3 unspecified atom stereocenters. The van der Waals surface area contributed by atoms with Crippen molar-refractivity contribution in [2.75, 3.05) is 0 Å². The molecule has 1 fully saturated rings. The van der Waals surface area contributed by atoms with Crippen LogP contribution in [0.5, 0.6) is 0 Å². The van der Waals surface area contributed by atoms with Gasteiger partial charge < -0.3 is 0 Å². The van der Waals surface area contributed by atoms with Crippen LogP contribution in [0.3, 0.4) is 0 Å². The lowest BCUT2D eigenvalue weighted by Crippen LogP contribution is -1.95. The zero-order valence-corrected chi connectivity index (χ0v) is 12.2. The van der Waals surface area contributed by atoms with E-state index in [1.54, 1.807) is 0 Å². The van der Waals surface area contributed by atoms with Gasteiger partial charge in [0.15, 0.2) is 0 Å². The Bertz CT molecular complexity index is 448. The van der Waals surface area contributed by atoms with Crippen LogP contribution in [0.1, 0.15) is 30.9 Å². The number of hydrogen-bond acceptors (Lipinski definition) is 0. The molecule has 0 aliphatic heterocycles. The topological polar surface area (TPSA) is 0 Å². The highest BCUT2D eigenvalue weighted by Gasteiger charge is 2.61. The van der Waals surface area contributed by atoms with Gasteiger partial charge in [0.1, 0.15) is 0 Å². The smallest absolute Gasteiger partial charge is 0.0564 e. The van der Waals surface area contributed by atoms with Crippen LogP contribution < -0.4 is 0 Å². The molecule has 86 valence electrons. The minimum absolute atomic E-state index is 0.147. The molecule has 0 bridgehead atoms. The van der Waals surface area contributed by atoms with Crippen LogP contribution in [0.2, 0.25) is 0 Å². The van der Waals surface area contributed by atoms with Crippen molar-refractivity contribution in [3.8, 4) is 0 Å². The van der Waals surface area contributed by atoms with Crippen molar-refractivity contribution in [2.45, 2.75) is 31.6 Å². The lowest BCUT2D eigenvalue weighted by Gasteiger charge is -2.04. The summed E-state index contributed by atoms with van der Waals surface area (Å²) in [5.41, 5.74) is 3.77. The van der Waals surface area contributed by atoms with Gasteiger partial charge in [-0.2, -0.15) is 0 Å². The molecule has 0 radical (unpaired) electrons. The molecule has 3 atom stereocenters. The van der Waals surface area contributed by atoms with E-state index in [1.807, 2.05) is 0 Å². The van der Waals surface area contributed by atoms with Crippen molar-refractivity contribution < 1.29 is 0 Å². The first-order chi connectivity index (χ1) is 7.35. The Morgan fingerprint density at radius 2 is 2.12 bits per heavy atom. The summed E-state index contributed by atoms with van der Waals surface area (Å²) in [6, 6.07) is 6.48. The maximum atomic E-state index is 6.52. The van der Waals surface area contributed by atoms with Gasteiger partial charge in [0.25, 0.3) is 0 Å². The van der Waals surface area contributed by atoms with Crippen LogP contribution in [-0.4, -0.2) is 4.87 Å². The molecule has 0 nitrogen and oxygen atoms in total. The van der Waals surface area contributed by atoms with Gasteiger partial charge in [-0.15, -0.1) is 11.6 Å². The predicted molar refractivity (Wildman–Crippen MR) is 74.2 cm³/mol. The average Bonchev–Trinajstić information content (AvgIpc) is 2.74. The first-order valence-electron chi connectivity index (χ1n) is 5.46. The van der Waals surface area contributed by atoms with E-state index < -0.39 is 0 Å². The summed E-state index contributed by atoms with van der Waals surface area (Å²) in [5, 5.41) is 0. The minimum Gasteiger partial charge on any atom is -0.118 e. The second-order valence-corrected chi connectivity index (χ2v) is 6.63. The Balaban J connectivity index is 2.33. The second kappa shape index (κ2) is 3.89. The standard InChI is InChI=1S/C14H16BrCl/c1-8(2)12-13(14(12,4)16)10-5-6-11(15)9(3)7-10/h5-7,12-13H,1H2,2-4H3. The van der Waals surface area contributed by atoms with Gasteiger partial charge in [-0.25, -0.2) is 0 Å². The van der Waals surface area contributed by atoms with E-state index in [0.717, 1.165) is 4.47 Å². The summed E-state index contributed by atoms with van der Waals surface area (Å²) in [6.45, 7) is 10.3. The van der Waals surface area contributed by atoms with E-state index >= 15 is 0 Å². The molecule has 2 rings (SSSR count). The number of aryl methyl sites for hydroxylation is 1. The molecule has 1 aromatic carbocycles. The largest absolute Gasteiger partial charge is 0.118 e. The Morgan fingerprint density at radius 1 is 1.50 bits per heavy atom. The SMILES string of the molecule is C=C(C)C1C(c2ccc(Br)c(C)c2)C1(C)Cl. The van der Waals surface area contributed by atoms with Crippen molar-refractivity contribution in [1.82, 2.24) is 0 Å². The number of halogens is 2. The Labute approximate surface area is 111 Å². The minimum atomic E-state index is -0.147. The third-order valence-electron chi connectivity index (χ3n) is 3.51. The Morgan fingerprint density at radius 3 is 2.56 bits per heavy atom. The Hall–Kier alpha value is -0.270. The highest BCUT2D eigenvalue weighted by atomic mass is 79.9. The van der Waals surface area contributed by atoms with Gasteiger partial charge in [-0.05, 0) is 38.0 Å². The number of alkyl halides is 1. The molecule has 0 N–H and O–H groups in total. The number of rotatable bonds is 2. The monoisotopic (exact) mass is 298 g/mol. The van der Waals surface area contributed by atoms with Gasteiger partial charge >= 0.3 is 0 Å². The average molecular weight is 300 g/mol. The quantitative estimate of drug-likeness (QED) is 0.530. The number of benzene rings is 1. The van der Waals surface area contributed by atoms with E-state index in [9.17, 15) is 0 Å². The zero-order valence-electron chi connectivity index (χ0n) is 9.85. The molecule has 0 heterocycles. The number of hydrogen-bond donors (Lipinski definition) is 0. The van der Waals surface area contributed by atoms with Crippen LogP contribution >= 0.6 is 27.5 Å². The number of allylic oxidation sites excluding steroid dienone is 1. The fraction of sp³-hybridized carbons (Fsp3) is 0.429. The van der Waals surface area contributed by atoms with Gasteiger partial charge in [-0.3, -0.25) is 0 Å². The fourth-order valence-electron chi connectivity index (χ4n) is 2.63. The van der Waals surface area contributed by atoms with E-state index in [2.05, 4.69) is 61.5 Å². The second-order valence-electron chi connectivity index (χ2n) is 4.96. The summed E-state index contributed by atoms with van der Waals surface area (Å²) in [7, 11) is 0. The van der Waals surface area contributed by atoms with Crippen LogP contribution in [-0.2, 0) is 0 Å². The van der Waals surface area contributed by atoms with Gasteiger partial charge in [0.05, 0.1) is 4.87 Å². The molecule has 0 amide bonds.